The highest BCUT2D eigenvalue weighted by atomic mass is 35.5. The van der Waals surface area contributed by atoms with Gasteiger partial charge < -0.3 is 21.9 Å². The van der Waals surface area contributed by atoms with Gasteiger partial charge in [-0.25, -0.2) is 19.9 Å². The number of carbonyl (C=O) groups is 3. The van der Waals surface area contributed by atoms with Crippen LogP contribution in [0.5, 0.6) is 0 Å². The number of nitrogens with one attached hydrogen (secondary N) is 1. The summed E-state index contributed by atoms with van der Waals surface area (Å²) >= 11 is 23.9. The minimum atomic E-state index is -0.582. The minimum absolute atomic E-state index is 0.112. The number of nitrogens with two attached hydrogens (primary N) is 2. The summed E-state index contributed by atoms with van der Waals surface area (Å²) in [5, 5.41) is 15.9. The zero-order valence-electron chi connectivity index (χ0n) is 33.1. The standard InChI is InChI=1S/C17H14ClN3O2.C15H9Cl2N3O.C14H9ClN4O/c18-13-4-1-11(2-5-13)14-10-19-9-12-3-6-15(21-16(12)14)17(23)20-7-8-22;16-9-2-3-10(12(17)5-9)11-7-19-6-8-1-4-13(15(18)21)20-14(8)11;15-12-4-2-8(6-18-12)10-7-17-5-9-1-3-11(14(16)20)19-13(9)10/h1-6,9-10,22H,7-8H2,(H,20,23);1-7H,(H2,18,21);1-7H,(H2,16,20). The van der Waals surface area contributed by atoms with E-state index >= 15 is 0 Å². The predicted octanol–water partition coefficient (Wildman–Crippen LogP) is 8.82. The molecule has 14 nitrogen and oxygen atoms in total. The number of primary amides is 2. The van der Waals surface area contributed by atoms with Gasteiger partial charge in [0.25, 0.3) is 17.7 Å². The number of halogens is 4. The number of amides is 3. The third kappa shape index (κ3) is 10.5. The third-order valence-corrected chi connectivity index (χ3v) is 10.4. The van der Waals surface area contributed by atoms with Crippen molar-refractivity contribution in [3.05, 3.63) is 172 Å². The first-order valence-corrected chi connectivity index (χ1v) is 20.5. The number of nitrogens with zero attached hydrogens (tertiary/aromatic N) is 7. The van der Waals surface area contributed by atoms with Crippen LogP contribution in [0.2, 0.25) is 20.2 Å². The maximum absolute atomic E-state index is 12.0. The van der Waals surface area contributed by atoms with Gasteiger partial charge in [-0.3, -0.25) is 29.3 Å². The van der Waals surface area contributed by atoms with E-state index in [1.54, 1.807) is 110 Å². The number of pyridine rings is 7. The van der Waals surface area contributed by atoms with Crippen LogP contribution >= 0.6 is 46.4 Å². The summed E-state index contributed by atoms with van der Waals surface area (Å²) in [7, 11) is 0. The Balaban J connectivity index is 0.000000144. The summed E-state index contributed by atoms with van der Waals surface area (Å²) in [6.45, 7) is 0.0816. The molecule has 0 aliphatic heterocycles. The molecular weight excluding hydrogens is 898 g/mol. The summed E-state index contributed by atoms with van der Waals surface area (Å²) < 4.78 is 0. The smallest absolute Gasteiger partial charge is 0.269 e. The van der Waals surface area contributed by atoms with Crippen molar-refractivity contribution in [1.82, 2.24) is 40.2 Å². The van der Waals surface area contributed by atoms with Gasteiger partial charge in [-0.1, -0.05) is 64.6 Å². The highest BCUT2D eigenvalue weighted by Crippen LogP contribution is 2.34. The van der Waals surface area contributed by atoms with E-state index in [0.29, 0.717) is 42.5 Å². The van der Waals surface area contributed by atoms with Crippen molar-refractivity contribution in [1.29, 1.82) is 0 Å². The molecule has 0 atom stereocenters. The third-order valence-electron chi connectivity index (χ3n) is 9.35. The number of hydrogen-bond acceptors (Lipinski definition) is 11. The average molecular weight is 931 g/mol. The van der Waals surface area contributed by atoms with Gasteiger partial charge in [-0.05, 0) is 78.4 Å². The van der Waals surface area contributed by atoms with Crippen molar-refractivity contribution in [3.63, 3.8) is 0 Å². The van der Waals surface area contributed by atoms with Gasteiger partial charge in [0, 0.05) is 104 Å². The summed E-state index contributed by atoms with van der Waals surface area (Å²) in [5.41, 5.74) is 18.0. The predicted molar refractivity (Wildman–Crippen MR) is 249 cm³/mol. The molecule has 9 rings (SSSR count). The van der Waals surface area contributed by atoms with Crippen molar-refractivity contribution in [2.24, 2.45) is 11.5 Å². The SMILES string of the molecule is NC(=O)c1ccc2cncc(-c3ccc(Cl)cc3Cl)c2n1.NC(=O)c1ccc2cncc(-c3ccc(Cl)nc3)c2n1.O=C(NCCO)c1ccc2cncc(-c3ccc(Cl)cc3)c2n1. The van der Waals surface area contributed by atoms with Gasteiger partial charge in [0.15, 0.2) is 0 Å². The van der Waals surface area contributed by atoms with Crippen molar-refractivity contribution in [2.45, 2.75) is 0 Å². The first-order chi connectivity index (χ1) is 30.9. The van der Waals surface area contributed by atoms with E-state index in [1.165, 1.54) is 0 Å². The Morgan fingerprint density at radius 1 is 0.516 bits per heavy atom. The van der Waals surface area contributed by atoms with Crippen molar-refractivity contribution in [2.75, 3.05) is 13.2 Å². The van der Waals surface area contributed by atoms with Crippen LogP contribution < -0.4 is 16.8 Å². The van der Waals surface area contributed by atoms with Crippen LogP contribution in [0.1, 0.15) is 31.5 Å². The molecule has 3 amide bonds. The van der Waals surface area contributed by atoms with Gasteiger partial charge in [-0.15, -0.1) is 0 Å². The maximum atomic E-state index is 12.0. The maximum Gasteiger partial charge on any atom is 0.269 e. The van der Waals surface area contributed by atoms with Crippen molar-refractivity contribution < 1.29 is 19.5 Å². The molecule has 7 aromatic heterocycles. The lowest BCUT2D eigenvalue weighted by molar-refractivity contribution is 0.0938. The first-order valence-electron chi connectivity index (χ1n) is 19.0. The monoisotopic (exact) mass is 928 g/mol. The number of hydrogen-bond donors (Lipinski definition) is 4. The fraction of sp³-hybridized carbons (Fsp3) is 0.0435. The Morgan fingerprint density at radius 3 is 1.52 bits per heavy atom. The van der Waals surface area contributed by atoms with E-state index in [9.17, 15) is 14.4 Å². The number of fused-ring (bicyclic) bond motifs is 3. The average Bonchev–Trinajstić information content (AvgIpc) is 3.30. The van der Waals surface area contributed by atoms with Gasteiger partial charge in [-0.2, -0.15) is 0 Å². The van der Waals surface area contributed by atoms with Crippen LogP contribution in [0, 0.1) is 0 Å². The van der Waals surface area contributed by atoms with Crippen molar-refractivity contribution >= 4 is 96.8 Å². The van der Waals surface area contributed by atoms with E-state index < -0.39 is 11.8 Å². The molecule has 2 aromatic carbocycles. The molecule has 0 bridgehead atoms. The largest absolute Gasteiger partial charge is 0.395 e. The van der Waals surface area contributed by atoms with E-state index in [2.05, 4.69) is 40.2 Å². The molecule has 0 aliphatic carbocycles. The molecule has 9 aromatic rings. The zero-order valence-corrected chi connectivity index (χ0v) is 36.1. The quantitative estimate of drug-likeness (QED) is 0.105. The highest BCUT2D eigenvalue weighted by molar-refractivity contribution is 6.36. The molecule has 7 heterocycles. The number of aromatic nitrogens is 7. The summed E-state index contributed by atoms with van der Waals surface area (Å²) in [6.07, 6.45) is 11.7. The van der Waals surface area contributed by atoms with Crippen LogP contribution in [0.4, 0.5) is 0 Å². The van der Waals surface area contributed by atoms with Gasteiger partial charge in [0.1, 0.15) is 22.2 Å². The second-order valence-corrected chi connectivity index (χ2v) is 15.2. The van der Waals surface area contributed by atoms with E-state index in [-0.39, 0.29) is 30.4 Å². The molecule has 0 unspecified atom stereocenters. The molecule has 0 spiro atoms. The number of carbonyl (C=O) groups excluding carboxylic acids is 3. The fourth-order valence-corrected chi connectivity index (χ4v) is 7.03. The Bertz CT molecular complexity index is 3200. The molecule has 64 heavy (non-hydrogen) atoms. The zero-order chi connectivity index (χ0) is 45.3. The summed E-state index contributed by atoms with van der Waals surface area (Å²) in [6, 6.07) is 26.2. The Kier molecular flexibility index (Phi) is 14.2. The lowest BCUT2D eigenvalue weighted by Crippen LogP contribution is -2.27. The lowest BCUT2D eigenvalue weighted by Gasteiger charge is -2.08. The van der Waals surface area contributed by atoms with Crippen LogP contribution in [-0.4, -0.2) is 70.9 Å². The van der Waals surface area contributed by atoms with Gasteiger partial charge in [0.05, 0.1) is 28.2 Å². The number of rotatable bonds is 8. The van der Waals surface area contributed by atoms with Crippen LogP contribution in [0.25, 0.3) is 66.1 Å². The normalized spacial score (nSPS) is 10.7. The molecule has 0 fully saturated rings. The van der Waals surface area contributed by atoms with E-state index in [4.69, 9.17) is 63.0 Å². The number of aliphatic hydroxyl groups is 1. The Labute approximate surface area is 384 Å². The van der Waals surface area contributed by atoms with Gasteiger partial charge in [0.2, 0.25) is 0 Å². The van der Waals surface area contributed by atoms with Crippen LogP contribution in [0.3, 0.4) is 0 Å². The molecular formula is C46H32Cl4N10O4. The van der Waals surface area contributed by atoms with Crippen LogP contribution in [0.15, 0.2) is 134 Å². The molecule has 6 N–H and O–H groups in total. The minimum Gasteiger partial charge on any atom is -0.395 e. The second-order valence-electron chi connectivity index (χ2n) is 13.6. The Morgan fingerprint density at radius 2 is 1.00 bits per heavy atom. The molecule has 0 saturated carbocycles. The molecule has 0 aliphatic rings. The first kappa shape index (κ1) is 44.8. The van der Waals surface area contributed by atoms with Gasteiger partial charge >= 0.3 is 0 Å². The summed E-state index contributed by atoms with van der Waals surface area (Å²) in [5.74, 6) is -1.47. The lowest BCUT2D eigenvalue weighted by atomic mass is 10.0. The summed E-state index contributed by atoms with van der Waals surface area (Å²) in [4.78, 5) is 64.3. The number of benzene rings is 2. The number of aliphatic hydroxyl groups excluding tert-OH is 1. The second kappa shape index (κ2) is 20.3. The molecule has 318 valence electrons. The van der Waals surface area contributed by atoms with Crippen molar-refractivity contribution in [3.8, 4) is 33.4 Å². The van der Waals surface area contributed by atoms with Crippen LogP contribution in [-0.2, 0) is 0 Å². The fourth-order valence-electron chi connectivity index (χ4n) is 6.28. The highest BCUT2D eigenvalue weighted by Gasteiger charge is 2.14. The molecule has 0 radical (unpaired) electrons. The Hall–Kier alpha value is -7.20. The van der Waals surface area contributed by atoms with E-state index in [1.807, 2.05) is 24.3 Å². The molecule has 0 saturated heterocycles. The van der Waals surface area contributed by atoms with E-state index in [0.717, 1.165) is 49.5 Å². The molecule has 18 heteroatoms. The topological polar surface area (TPSA) is 226 Å².